The summed E-state index contributed by atoms with van der Waals surface area (Å²) >= 11 is 0. The summed E-state index contributed by atoms with van der Waals surface area (Å²) in [7, 11) is 0. The molecular formula is C14H18O5. The van der Waals surface area contributed by atoms with Crippen LogP contribution in [0.25, 0.3) is 0 Å². The average molecular weight is 266 g/mol. The summed E-state index contributed by atoms with van der Waals surface area (Å²) in [5, 5.41) is 29.1. The zero-order valence-corrected chi connectivity index (χ0v) is 11.2. The van der Waals surface area contributed by atoms with Crippen molar-refractivity contribution >= 4 is 11.6 Å². The monoisotopic (exact) mass is 266 g/mol. The maximum absolute atomic E-state index is 12.0. The second kappa shape index (κ2) is 5.73. The van der Waals surface area contributed by atoms with Crippen molar-refractivity contribution in [1.82, 2.24) is 0 Å². The molecule has 0 bridgehead atoms. The first kappa shape index (κ1) is 15.0. The third-order valence-corrected chi connectivity index (χ3v) is 2.84. The molecule has 104 valence electrons. The van der Waals surface area contributed by atoms with Crippen LogP contribution in [0.3, 0.4) is 0 Å². The lowest BCUT2D eigenvalue weighted by Gasteiger charge is -2.11. The van der Waals surface area contributed by atoms with Gasteiger partial charge in [-0.1, -0.05) is 13.8 Å². The first-order valence-electron chi connectivity index (χ1n) is 6.07. The highest BCUT2D eigenvalue weighted by Crippen LogP contribution is 2.38. The Morgan fingerprint density at radius 2 is 1.63 bits per heavy atom. The van der Waals surface area contributed by atoms with Gasteiger partial charge >= 0.3 is 0 Å². The van der Waals surface area contributed by atoms with Crippen molar-refractivity contribution in [3.8, 4) is 17.2 Å². The van der Waals surface area contributed by atoms with Crippen LogP contribution >= 0.6 is 0 Å². The van der Waals surface area contributed by atoms with Crippen molar-refractivity contribution in [1.29, 1.82) is 0 Å². The largest absolute Gasteiger partial charge is 0.507 e. The molecule has 0 amide bonds. The molecule has 0 aromatic heterocycles. The first-order chi connectivity index (χ1) is 8.75. The molecule has 0 saturated carbocycles. The van der Waals surface area contributed by atoms with Gasteiger partial charge in [-0.3, -0.25) is 9.59 Å². The Morgan fingerprint density at radius 3 is 2.11 bits per heavy atom. The Labute approximate surface area is 111 Å². The van der Waals surface area contributed by atoms with Gasteiger partial charge in [0.25, 0.3) is 0 Å². The predicted octanol–water partition coefficient (Wildman–Crippen LogP) is 2.62. The van der Waals surface area contributed by atoms with Gasteiger partial charge in [0.05, 0.1) is 0 Å². The Balaban J connectivity index is 3.24. The molecule has 1 aromatic carbocycles. The highest BCUT2D eigenvalue weighted by molar-refractivity contribution is 6.08. The van der Waals surface area contributed by atoms with Crippen LogP contribution in [0.2, 0.25) is 0 Å². The smallest absolute Gasteiger partial charge is 0.170 e. The Hall–Kier alpha value is -2.04. The van der Waals surface area contributed by atoms with Crippen LogP contribution in [-0.2, 0) is 0 Å². The van der Waals surface area contributed by atoms with E-state index in [0.29, 0.717) is 12.3 Å². The van der Waals surface area contributed by atoms with Gasteiger partial charge in [0, 0.05) is 12.5 Å². The third kappa shape index (κ3) is 3.24. The molecule has 0 radical (unpaired) electrons. The van der Waals surface area contributed by atoms with E-state index in [1.807, 2.05) is 13.8 Å². The molecule has 0 atom stereocenters. The van der Waals surface area contributed by atoms with Crippen LogP contribution in [-0.4, -0.2) is 26.9 Å². The van der Waals surface area contributed by atoms with E-state index in [1.54, 1.807) is 0 Å². The van der Waals surface area contributed by atoms with Gasteiger partial charge in [-0.05, 0) is 19.3 Å². The summed E-state index contributed by atoms with van der Waals surface area (Å²) < 4.78 is 0. The van der Waals surface area contributed by atoms with Crippen molar-refractivity contribution in [3.63, 3.8) is 0 Å². The minimum absolute atomic E-state index is 0.154. The van der Waals surface area contributed by atoms with Crippen LogP contribution in [0.4, 0.5) is 0 Å². The molecule has 0 heterocycles. The molecular weight excluding hydrogens is 248 g/mol. The van der Waals surface area contributed by atoms with Gasteiger partial charge in [-0.25, -0.2) is 0 Å². The van der Waals surface area contributed by atoms with Crippen LogP contribution in [0.5, 0.6) is 17.2 Å². The van der Waals surface area contributed by atoms with E-state index in [1.165, 1.54) is 0 Å². The number of phenols is 3. The highest BCUT2D eigenvalue weighted by Gasteiger charge is 2.24. The lowest BCUT2D eigenvalue weighted by Crippen LogP contribution is -2.05. The number of hydrogen-bond acceptors (Lipinski definition) is 5. The molecule has 5 heteroatoms. The number of Topliss-reactive ketones (excluding diaryl/α,β-unsaturated/α-hetero) is 2. The zero-order chi connectivity index (χ0) is 14.7. The normalized spacial score (nSPS) is 10.7. The molecule has 0 unspecified atom stereocenters. The molecule has 0 spiro atoms. The van der Waals surface area contributed by atoms with E-state index in [4.69, 9.17) is 0 Å². The third-order valence-electron chi connectivity index (χ3n) is 2.84. The van der Waals surface area contributed by atoms with Crippen molar-refractivity contribution < 1.29 is 24.9 Å². The first-order valence-corrected chi connectivity index (χ1v) is 6.07. The molecule has 0 saturated heterocycles. The van der Waals surface area contributed by atoms with Crippen LogP contribution in [0, 0.1) is 5.92 Å². The number of phenolic OH excluding ortho intramolecular Hbond substituents is 3. The topological polar surface area (TPSA) is 94.8 Å². The number of hydrogen-bond donors (Lipinski definition) is 3. The van der Waals surface area contributed by atoms with E-state index < -0.39 is 28.8 Å². The van der Waals surface area contributed by atoms with E-state index in [2.05, 4.69) is 0 Å². The van der Waals surface area contributed by atoms with Crippen molar-refractivity contribution in [3.05, 3.63) is 17.2 Å². The molecule has 0 aliphatic carbocycles. The minimum atomic E-state index is -0.654. The summed E-state index contributed by atoms with van der Waals surface area (Å²) in [4.78, 5) is 23.3. The summed E-state index contributed by atoms with van der Waals surface area (Å²) in [6.45, 7) is 5.06. The number of carbonyl (C=O) groups is 2. The quantitative estimate of drug-likeness (QED) is 0.712. The lowest BCUT2D eigenvalue weighted by atomic mass is 9.96. The molecule has 0 aliphatic rings. The Morgan fingerprint density at radius 1 is 1.11 bits per heavy atom. The Kier molecular flexibility index (Phi) is 4.53. The minimum Gasteiger partial charge on any atom is -0.507 e. The van der Waals surface area contributed by atoms with Crippen molar-refractivity contribution in [2.45, 2.75) is 33.6 Å². The predicted molar refractivity (Wildman–Crippen MR) is 69.8 cm³/mol. The molecule has 19 heavy (non-hydrogen) atoms. The maximum Gasteiger partial charge on any atom is 0.170 e. The molecule has 5 nitrogen and oxygen atoms in total. The molecule has 0 aliphatic heterocycles. The van der Waals surface area contributed by atoms with Gasteiger partial charge in [0.2, 0.25) is 0 Å². The van der Waals surface area contributed by atoms with Gasteiger partial charge in [0.15, 0.2) is 11.6 Å². The van der Waals surface area contributed by atoms with Crippen molar-refractivity contribution in [2.75, 3.05) is 0 Å². The van der Waals surface area contributed by atoms with Crippen LogP contribution < -0.4 is 0 Å². The Bertz CT molecular complexity index is 517. The summed E-state index contributed by atoms with van der Waals surface area (Å²) in [5.41, 5.74) is -0.644. The van der Waals surface area contributed by atoms with Crippen LogP contribution in [0.1, 0.15) is 54.3 Å². The zero-order valence-electron chi connectivity index (χ0n) is 11.2. The lowest BCUT2D eigenvalue weighted by molar-refractivity contribution is 0.0970. The van der Waals surface area contributed by atoms with Crippen molar-refractivity contribution in [2.24, 2.45) is 5.92 Å². The van der Waals surface area contributed by atoms with Crippen LogP contribution in [0.15, 0.2) is 6.07 Å². The second-order valence-electron chi connectivity index (χ2n) is 4.93. The van der Waals surface area contributed by atoms with Gasteiger partial charge in [0.1, 0.15) is 28.4 Å². The second-order valence-corrected chi connectivity index (χ2v) is 4.93. The maximum atomic E-state index is 12.0. The fourth-order valence-corrected chi connectivity index (χ4v) is 1.81. The van der Waals surface area contributed by atoms with E-state index >= 15 is 0 Å². The molecule has 1 aromatic rings. The molecule has 0 fully saturated rings. The summed E-state index contributed by atoms with van der Waals surface area (Å²) in [6.07, 6.45) is 0.759. The van der Waals surface area contributed by atoms with E-state index in [9.17, 15) is 24.9 Å². The fourth-order valence-electron chi connectivity index (χ4n) is 1.81. The van der Waals surface area contributed by atoms with E-state index in [0.717, 1.165) is 13.0 Å². The number of ketones is 2. The van der Waals surface area contributed by atoms with Gasteiger partial charge in [-0.2, -0.15) is 0 Å². The van der Waals surface area contributed by atoms with Gasteiger partial charge < -0.3 is 15.3 Å². The SMILES string of the molecule is CC(=O)c1c(O)cc(O)c(C(=O)CCC(C)C)c1O. The number of benzene rings is 1. The summed E-state index contributed by atoms with van der Waals surface area (Å²) in [6, 6.07) is 0.902. The van der Waals surface area contributed by atoms with E-state index in [-0.39, 0.29) is 17.5 Å². The fraction of sp³-hybridized carbons (Fsp3) is 0.429. The number of aromatic hydroxyl groups is 3. The summed E-state index contributed by atoms with van der Waals surface area (Å²) in [5.74, 6) is -2.44. The highest BCUT2D eigenvalue weighted by atomic mass is 16.3. The average Bonchev–Trinajstić information content (AvgIpc) is 2.24. The van der Waals surface area contributed by atoms with Gasteiger partial charge in [-0.15, -0.1) is 0 Å². The number of rotatable bonds is 5. The standard InChI is InChI=1S/C14H18O5/c1-7(2)4-5-9(16)13-11(18)6-10(17)12(8(3)15)14(13)19/h6-7,17-19H,4-5H2,1-3H3. The molecule has 3 N–H and O–H groups in total. The molecule has 1 rings (SSSR count). The number of carbonyl (C=O) groups excluding carboxylic acids is 2.